The van der Waals surface area contributed by atoms with E-state index in [9.17, 15) is 14.9 Å². The molecule has 1 aromatic heterocycles. The third-order valence-corrected chi connectivity index (χ3v) is 4.58. The van der Waals surface area contributed by atoms with Crippen molar-refractivity contribution in [2.45, 2.75) is 38.5 Å². The fourth-order valence-corrected chi connectivity index (χ4v) is 2.94. The van der Waals surface area contributed by atoms with Crippen molar-refractivity contribution in [3.05, 3.63) is 64.5 Å². The van der Waals surface area contributed by atoms with E-state index in [2.05, 4.69) is 15.5 Å². The molecule has 0 saturated heterocycles. The number of nitrogens with two attached hydrogens (primary N) is 1. The van der Waals surface area contributed by atoms with Crippen molar-refractivity contribution in [3.8, 4) is 11.4 Å². The number of nitrogen functional groups attached to an aromatic ring is 1. The average molecular weight is 409 g/mol. The number of hydrogen-bond donors (Lipinski definition) is 2. The number of para-hydroxylation sites is 2. The van der Waals surface area contributed by atoms with Crippen molar-refractivity contribution < 1.29 is 14.2 Å². The van der Waals surface area contributed by atoms with Gasteiger partial charge < -0.3 is 15.6 Å². The minimum atomic E-state index is -0.452. The Morgan fingerprint density at radius 3 is 2.53 bits per heavy atom. The van der Waals surface area contributed by atoms with Gasteiger partial charge in [0, 0.05) is 30.5 Å². The number of rotatable bonds is 10. The zero-order valence-corrected chi connectivity index (χ0v) is 16.4. The highest BCUT2D eigenvalue weighted by molar-refractivity contribution is 5.93. The van der Waals surface area contributed by atoms with Crippen LogP contribution in [0.25, 0.3) is 11.4 Å². The van der Waals surface area contributed by atoms with E-state index in [1.807, 2.05) is 12.1 Å². The lowest BCUT2D eigenvalue weighted by molar-refractivity contribution is -0.384. The monoisotopic (exact) mass is 409 g/mol. The summed E-state index contributed by atoms with van der Waals surface area (Å²) in [6.45, 7) is 0. The Bertz CT molecular complexity index is 1000. The first-order chi connectivity index (χ1) is 14.5. The van der Waals surface area contributed by atoms with E-state index in [1.165, 1.54) is 12.1 Å². The zero-order valence-electron chi connectivity index (χ0n) is 16.4. The Kier molecular flexibility index (Phi) is 7.09. The standard InChI is InChI=1S/C21H23N5O4/c22-17-7-5-6-8-18(17)23-19(27)9-3-1-2-4-10-20-24-21(25-30-20)15-11-13-16(14-12-15)26(28)29/h5-8,11-14H,1-4,9-10,22H2,(H,23,27). The molecule has 9 nitrogen and oxygen atoms in total. The third-order valence-electron chi connectivity index (χ3n) is 4.58. The van der Waals surface area contributed by atoms with E-state index < -0.39 is 4.92 Å². The van der Waals surface area contributed by atoms with Crippen LogP contribution in [0.5, 0.6) is 0 Å². The number of amides is 1. The maximum atomic E-state index is 12.0. The van der Waals surface area contributed by atoms with Crippen LogP contribution in [0.1, 0.15) is 38.0 Å². The highest BCUT2D eigenvalue weighted by Gasteiger charge is 2.11. The van der Waals surface area contributed by atoms with E-state index in [4.69, 9.17) is 10.3 Å². The van der Waals surface area contributed by atoms with Gasteiger partial charge in [0.05, 0.1) is 16.3 Å². The molecule has 2 aromatic carbocycles. The van der Waals surface area contributed by atoms with Gasteiger partial charge in [-0.2, -0.15) is 4.98 Å². The molecule has 1 amide bonds. The van der Waals surface area contributed by atoms with Gasteiger partial charge in [-0.3, -0.25) is 14.9 Å². The summed E-state index contributed by atoms with van der Waals surface area (Å²) in [6.07, 6.45) is 4.61. The molecule has 0 aliphatic rings. The number of aromatic nitrogens is 2. The van der Waals surface area contributed by atoms with Crippen molar-refractivity contribution in [3.63, 3.8) is 0 Å². The second-order valence-electron chi connectivity index (χ2n) is 6.87. The number of nitro groups is 1. The average Bonchev–Trinajstić information content (AvgIpc) is 3.21. The number of hydrogen-bond acceptors (Lipinski definition) is 7. The second-order valence-corrected chi connectivity index (χ2v) is 6.87. The number of nitrogens with one attached hydrogen (secondary N) is 1. The van der Waals surface area contributed by atoms with Gasteiger partial charge in [-0.15, -0.1) is 0 Å². The fraction of sp³-hybridized carbons (Fsp3) is 0.286. The molecule has 0 aliphatic carbocycles. The number of aryl methyl sites for hydroxylation is 1. The minimum absolute atomic E-state index is 0.0170. The number of unbranched alkanes of at least 4 members (excludes halogenated alkanes) is 3. The molecule has 9 heteroatoms. The van der Waals surface area contributed by atoms with Crippen molar-refractivity contribution in [1.29, 1.82) is 0 Å². The predicted octanol–water partition coefficient (Wildman–Crippen LogP) is 4.36. The summed E-state index contributed by atoms with van der Waals surface area (Å²) in [7, 11) is 0. The van der Waals surface area contributed by atoms with E-state index in [1.54, 1.807) is 24.3 Å². The highest BCUT2D eigenvalue weighted by Crippen LogP contribution is 2.21. The van der Waals surface area contributed by atoms with E-state index in [0.29, 0.717) is 41.5 Å². The zero-order chi connectivity index (χ0) is 21.3. The Balaban J connectivity index is 1.35. The smallest absolute Gasteiger partial charge is 0.269 e. The van der Waals surface area contributed by atoms with Crippen LogP contribution in [0, 0.1) is 10.1 Å². The predicted molar refractivity (Wildman–Crippen MR) is 113 cm³/mol. The molecule has 3 N–H and O–H groups in total. The first kappa shape index (κ1) is 21.0. The van der Waals surface area contributed by atoms with Gasteiger partial charge in [-0.1, -0.05) is 30.1 Å². The van der Waals surface area contributed by atoms with Crippen LogP contribution in [-0.2, 0) is 11.2 Å². The quantitative estimate of drug-likeness (QED) is 0.220. The molecule has 0 saturated carbocycles. The maximum absolute atomic E-state index is 12.0. The summed E-state index contributed by atoms with van der Waals surface area (Å²) < 4.78 is 5.25. The number of nitro benzene ring substituents is 1. The minimum Gasteiger partial charge on any atom is -0.397 e. The summed E-state index contributed by atoms with van der Waals surface area (Å²) in [5.74, 6) is 0.898. The lowest BCUT2D eigenvalue weighted by atomic mass is 10.1. The molecule has 0 bridgehead atoms. The molecule has 0 aliphatic heterocycles. The molecule has 3 aromatic rings. The SMILES string of the molecule is Nc1ccccc1NC(=O)CCCCCCc1nc(-c2ccc([N+](=O)[O-])cc2)no1. The first-order valence-corrected chi connectivity index (χ1v) is 9.74. The van der Waals surface area contributed by atoms with E-state index >= 15 is 0 Å². The normalized spacial score (nSPS) is 10.7. The Morgan fingerprint density at radius 2 is 1.80 bits per heavy atom. The molecular weight excluding hydrogens is 386 g/mol. The van der Waals surface area contributed by atoms with Crippen molar-refractivity contribution in [2.75, 3.05) is 11.1 Å². The Morgan fingerprint density at radius 1 is 1.07 bits per heavy atom. The van der Waals surface area contributed by atoms with E-state index in [0.717, 1.165) is 25.7 Å². The molecule has 1 heterocycles. The van der Waals surface area contributed by atoms with Crippen LogP contribution in [0.3, 0.4) is 0 Å². The van der Waals surface area contributed by atoms with Gasteiger partial charge in [-0.05, 0) is 37.1 Å². The van der Waals surface area contributed by atoms with Crippen molar-refractivity contribution in [1.82, 2.24) is 10.1 Å². The molecular formula is C21H23N5O4. The van der Waals surface area contributed by atoms with Gasteiger partial charge in [0.2, 0.25) is 17.6 Å². The van der Waals surface area contributed by atoms with Crippen LogP contribution in [0.15, 0.2) is 53.1 Å². The molecule has 3 rings (SSSR count). The highest BCUT2D eigenvalue weighted by atomic mass is 16.6. The van der Waals surface area contributed by atoms with Crippen LogP contribution in [-0.4, -0.2) is 21.0 Å². The first-order valence-electron chi connectivity index (χ1n) is 9.74. The van der Waals surface area contributed by atoms with Gasteiger partial charge in [0.15, 0.2) is 0 Å². The van der Waals surface area contributed by atoms with E-state index in [-0.39, 0.29) is 11.6 Å². The topological polar surface area (TPSA) is 137 Å². The van der Waals surface area contributed by atoms with Crippen LogP contribution >= 0.6 is 0 Å². The fourth-order valence-electron chi connectivity index (χ4n) is 2.94. The number of non-ortho nitro benzene ring substituents is 1. The molecule has 0 fully saturated rings. The van der Waals surface area contributed by atoms with Gasteiger partial charge >= 0.3 is 0 Å². The Hall–Kier alpha value is -3.75. The Labute approximate surface area is 173 Å². The summed E-state index contributed by atoms with van der Waals surface area (Å²) in [4.78, 5) is 26.6. The molecule has 156 valence electrons. The number of carbonyl (C=O) groups is 1. The molecule has 0 atom stereocenters. The number of carbonyl (C=O) groups excluding carboxylic acids is 1. The van der Waals surface area contributed by atoms with Crippen molar-refractivity contribution in [2.24, 2.45) is 0 Å². The van der Waals surface area contributed by atoms with Crippen LogP contribution in [0.4, 0.5) is 17.1 Å². The summed E-state index contributed by atoms with van der Waals surface area (Å²) in [5, 5.41) is 17.5. The summed E-state index contributed by atoms with van der Waals surface area (Å²) in [5.41, 5.74) is 7.69. The second kappa shape index (κ2) is 10.1. The third kappa shape index (κ3) is 5.87. The maximum Gasteiger partial charge on any atom is 0.269 e. The molecule has 0 spiro atoms. The lowest BCUT2D eigenvalue weighted by Gasteiger charge is -2.07. The van der Waals surface area contributed by atoms with Crippen molar-refractivity contribution >= 4 is 23.0 Å². The van der Waals surface area contributed by atoms with Gasteiger partial charge in [0.1, 0.15) is 0 Å². The molecule has 0 unspecified atom stereocenters. The summed E-state index contributed by atoms with van der Waals surface area (Å²) >= 11 is 0. The number of anilines is 2. The molecule has 0 radical (unpaired) electrons. The molecule has 30 heavy (non-hydrogen) atoms. The van der Waals surface area contributed by atoms with Crippen LogP contribution in [0.2, 0.25) is 0 Å². The van der Waals surface area contributed by atoms with Gasteiger partial charge in [-0.25, -0.2) is 0 Å². The van der Waals surface area contributed by atoms with Crippen LogP contribution < -0.4 is 11.1 Å². The number of benzene rings is 2. The number of nitrogens with zero attached hydrogens (tertiary/aromatic N) is 3. The largest absolute Gasteiger partial charge is 0.397 e. The summed E-state index contributed by atoms with van der Waals surface area (Å²) in [6, 6.07) is 13.2. The van der Waals surface area contributed by atoms with Gasteiger partial charge in [0.25, 0.3) is 5.69 Å². The lowest BCUT2D eigenvalue weighted by Crippen LogP contribution is -2.12.